The Balaban J connectivity index is 3.35. The Labute approximate surface area is 81.4 Å². The summed E-state index contributed by atoms with van der Waals surface area (Å²) in [7, 11) is 0. The van der Waals surface area contributed by atoms with Gasteiger partial charge in [0.2, 0.25) is 0 Å². The zero-order chi connectivity index (χ0) is 10.8. The number of aryl methyl sites for hydroxylation is 1. The number of nitrogens with zero attached hydrogens (tertiary/aromatic N) is 2. The molecule has 1 heterocycles. The van der Waals surface area contributed by atoms with E-state index in [0.29, 0.717) is 5.69 Å². The minimum absolute atomic E-state index is 0.0469. The van der Waals surface area contributed by atoms with Gasteiger partial charge in [-0.25, -0.2) is 8.78 Å². The molecule has 1 rings (SSSR count). The molecule has 1 aromatic rings. The maximum Gasteiger partial charge on any atom is 0.273 e. The van der Waals surface area contributed by atoms with E-state index in [1.54, 1.807) is 13.8 Å². The molecule has 0 saturated carbocycles. The van der Waals surface area contributed by atoms with Gasteiger partial charge in [0.05, 0.1) is 11.3 Å². The van der Waals surface area contributed by atoms with Crippen molar-refractivity contribution in [2.24, 2.45) is 0 Å². The summed E-state index contributed by atoms with van der Waals surface area (Å²) in [5.41, 5.74) is 0.341. The first-order valence-corrected chi connectivity index (χ1v) is 4.10. The number of alkyl halides is 2. The van der Waals surface area contributed by atoms with Crippen LogP contribution in [0, 0.1) is 18.8 Å². The summed E-state index contributed by atoms with van der Waals surface area (Å²) in [4.78, 5) is 0. The molecule has 0 fully saturated rings. The van der Waals surface area contributed by atoms with Crippen molar-refractivity contribution in [2.75, 3.05) is 0 Å². The molecule has 0 N–H and O–H groups in total. The lowest BCUT2D eigenvalue weighted by Crippen LogP contribution is -2.12. The summed E-state index contributed by atoms with van der Waals surface area (Å²) in [6.07, 6.45) is 0. The van der Waals surface area contributed by atoms with Crippen LogP contribution < -0.4 is 0 Å². The summed E-state index contributed by atoms with van der Waals surface area (Å²) in [5, 5.41) is 7.32. The van der Waals surface area contributed by atoms with Crippen LogP contribution in [0.15, 0.2) is 6.07 Å². The number of aromatic nitrogens is 2. The largest absolute Gasteiger partial charge is 0.273 e. The fourth-order valence-electron chi connectivity index (χ4n) is 1.03. The molecule has 0 spiro atoms. The van der Waals surface area contributed by atoms with Crippen molar-refractivity contribution in [3.05, 3.63) is 23.0 Å². The van der Waals surface area contributed by atoms with Crippen molar-refractivity contribution >= 4 is 0 Å². The zero-order valence-corrected chi connectivity index (χ0v) is 8.23. The van der Waals surface area contributed by atoms with Gasteiger partial charge in [-0.15, -0.1) is 5.10 Å². The molecule has 0 aromatic carbocycles. The number of hydrogen-bond donors (Lipinski definition) is 0. The average Bonchev–Trinajstić information content (AvgIpc) is 2.07. The van der Waals surface area contributed by atoms with Crippen LogP contribution >= 0.6 is 0 Å². The maximum absolute atomic E-state index is 13.1. The molecule has 0 saturated heterocycles. The van der Waals surface area contributed by atoms with Gasteiger partial charge in [0.15, 0.2) is 0 Å². The molecule has 0 bridgehead atoms. The Kier molecular flexibility index (Phi) is 2.80. The lowest BCUT2D eigenvalue weighted by Gasteiger charge is -2.11. The van der Waals surface area contributed by atoms with Crippen molar-refractivity contribution in [1.82, 2.24) is 10.2 Å². The first-order chi connectivity index (χ1) is 6.45. The highest BCUT2D eigenvalue weighted by atomic mass is 19.3. The van der Waals surface area contributed by atoms with Crippen molar-refractivity contribution in [2.45, 2.75) is 26.7 Å². The van der Waals surface area contributed by atoms with Crippen LogP contribution in [-0.4, -0.2) is 10.2 Å². The quantitative estimate of drug-likeness (QED) is 0.644. The molecule has 14 heavy (non-hydrogen) atoms. The monoisotopic (exact) mass is 196 g/mol. The number of hydrogen-bond acceptors (Lipinski definition) is 2. The molecule has 0 aliphatic carbocycles. The predicted octanol–water partition coefficient (Wildman–Crippen LogP) is 2.27. The van der Waals surface area contributed by atoms with E-state index >= 15 is 0 Å². The molecular weight excluding hydrogens is 186 g/mol. The molecule has 1 aromatic heterocycles. The fourth-order valence-corrected chi connectivity index (χ4v) is 1.03. The second-order valence-electron chi connectivity index (χ2n) is 3.01. The molecule has 74 valence electrons. The predicted molar refractivity (Wildman–Crippen MR) is 48.9 cm³/mol. The maximum atomic E-state index is 13.1. The summed E-state index contributed by atoms with van der Waals surface area (Å²) in [6.45, 7) is 4.01. The van der Waals surface area contributed by atoms with Gasteiger partial charge in [0.25, 0.3) is 5.92 Å². The highest BCUT2D eigenvalue weighted by Gasteiger charge is 2.28. The molecule has 0 aliphatic heterocycles. The highest BCUT2D eigenvalue weighted by Crippen LogP contribution is 2.28. The number of halogens is 2. The SMILES string of the molecule is CC#Cc1nnc(C)cc1C(C)(F)F. The van der Waals surface area contributed by atoms with E-state index in [2.05, 4.69) is 22.0 Å². The van der Waals surface area contributed by atoms with E-state index in [4.69, 9.17) is 0 Å². The first kappa shape index (κ1) is 10.6. The van der Waals surface area contributed by atoms with Gasteiger partial charge >= 0.3 is 0 Å². The summed E-state index contributed by atoms with van der Waals surface area (Å²) < 4.78 is 26.2. The Morgan fingerprint density at radius 1 is 1.36 bits per heavy atom. The molecule has 0 radical (unpaired) electrons. The van der Waals surface area contributed by atoms with Gasteiger partial charge in [-0.05, 0) is 25.8 Å². The fraction of sp³-hybridized carbons (Fsp3) is 0.400. The van der Waals surface area contributed by atoms with Crippen LogP contribution in [0.5, 0.6) is 0 Å². The van der Waals surface area contributed by atoms with E-state index in [-0.39, 0.29) is 11.3 Å². The van der Waals surface area contributed by atoms with Crippen LogP contribution in [0.4, 0.5) is 8.78 Å². The Hall–Kier alpha value is -1.50. The van der Waals surface area contributed by atoms with Crippen LogP contribution in [-0.2, 0) is 5.92 Å². The third kappa shape index (κ3) is 2.25. The Morgan fingerprint density at radius 3 is 2.50 bits per heavy atom. The van der Waals surface area contributed by atoms with Crippen LogP contribution in [0.1, 0.15) is 30.8 Å². The van der Waals surface area contributed by atoms with Gasteiger partial charge in [-0.2, -0.15) is 5.10 Å². The van der Waals surface area contributed by atoms with Crippen LogP contribution in [0.3, 0.4) is 0 Å². The van der Waals surface area contributed by atoms with E-state index in [1.807, 2.05) is 0 Å². The van der Waals surface area contributed by atoms with Gasteiger partial charge in [-0.1, -0.05) is 5.92 Å². The average molecular weight is 196 g/mol. The van der Waals surface area contributed by atoms with Gasteiger partial charge in [-0.3, -0.25) is 0 Å². The van der Waals surface area contributed by atoms with Crippen LogP contribution in [0.2, 0.25) is 0 Å². The second kappa shape index (κ2) is 3.70. The normalized spacial score (nSPS) is 10.6. The first-order valence-electron chi connectivity index (χ1n) is 4.10. The minimum Gasteiger partial charge on any atom is -0.202 e. The lowest BCUT2D eigenvalue weighted by atomic mass is 10.1. The summed E-state index contributed by atoms with van der Waals surface area (Å²) in [5.74, 6) is 2.11. The van der Waals surface area contributed by atoms with E-state index in [0.717, 1.165) is 6.92 Å². The molecule has 0 atom stereocenters. The minimum atomic E-state index is -2.93. The smallest absolute Gasteiger partial charge is 0.202 e. The second-order valence-corrected chi connectivity index (χ2v) is 3.01. The Bertz CT molecular complexity index is 397. The lowest BCUT2D eigenvalue weighted by molar-refractivity contribution is 0.0166. The third-order valence-corrected chi connectivity index (χ3v) is 1.63. The molecule has 0 aliphatic rings. The molecule has 4 heteroatoms. The summed E-state index contributed by atoms with van der Waals surface area (Å²) >= 11 is 0. The zero-order valence-electron chi connectivity index (χ0n) is 8.23. The number of rotatable bonds is 1. The van der Waals surface area contributed by atoms with Crippen molar-refractivity contribution in [3.63, 3.8) is 0 Å². The van der Waals surface area contributed by atoms with Gasteiger partial charge < -0.3 is 0 Å². The van der Waals surface area contributed by atoms with Gasteiger partial charge in [0.1, 0.15) is 5.69 Å². The Morgan fingerprint density at radius 2 is 2.00 bits per heavy atom. The van der Waals surface area contributed by atoms with Crippen LogP contribution in [0.25, 0.3) is 0 Å². The molecule has 0 amide bonds. The van der Waals surface area contributed by atoms with E-state index in [9.17, 15) is 8.78 Å². The highest BCUT2D eigenvalue weighted by molar-refractivity contribution is 5.37. The standard InChI is InChI=1S/C10H10F2N2/c1-4-5-9-8(10(3,11)12)6-7(2)13-14-9/h6H,1-3H3. The molecular formula is C10H10F2N2. The van der Waals surface area contributed by atoms with Crippen molar-refractivity contribution in [3.8, 4) is 11.8 Å². The molecule has 2 nitrogen and oxygen atoms in total. The van der Waals surface area contributed by atoms with E-state index < -0.39 is 5.92 Å². The summed E-state index contributed by atoms with van der Waals surface area (Å²) in [6, 6.07) is 1.31. The van der Waals surface area contributed by atoms with Crippen molar-refractivity contribution < 1.29 is 8.78 Å². The topological polar surface area (TPSA) is 25.8 Å². The third-order valence-electron chi connectivity index (χ3n) is 1.63. The van der Waals surface area contributed by atoms with Gasteiger partial charge in [0, 0.05) is 6.92 Å². The van der Waals surface area contributed by atoms with E-state index in [1.165, 1.54) is 6.07 Å². The molecule has 0 unspecified atom stereocenters. The van der Waals surface area contributed by atoms with Crippen molar-refractivity contribution in [1.29, 1.82) is 0 Å².